The number of thiophene rings is 1. The van der Waals surface area contributed by atoms with Crippen LogP contribution in [0.15, 0.2) is 40.1 Å². The smallest absolute Gasteiger partial charge is 0.236 e. The molecule has 0 atom stereocenters. The van der Waals surface area contributed by atoms with Gasteiger partial charge in [-0.25, -0.2) is 4.98 Å². The predicted octanol–water partition coefficient (Wildman–Crippen LogP) is 4.57. The summed E-state index contributed by atoms with van der Waals surface area (Å²) >= 11 is 7.61. The molecule has 0 spiro atoms. The van der Waals surface area contributed by atoms with Crippen molar-refractivity contribution in [2.24, 2.45) is 0 Å². The molecule has 0 radical (unpaired) electrons. The van der Waals surface area contributed by atoms with Gasteiger partial charge in [-0.15, -0.1) is 11.3 Å². The molecule has 3 rings (SSSR count). The van der Waals surface area contributed by atoms with Gasteiger partial charge in [0.1, 0.15) is 11.5 Å². The number of amides is 1. The fourth-order valence-electron chi connectivity index (χ4n) is 2.59. The third-order valence-electron chi connectivity index (χ3n) is 4.02. The third-order valence-corrected chi connectivity index (χ3v) is 5.11. The lowest BCUT2D eigenvalue weighted by molar-refractivity contribution is -0.129. The second-order valence-electron chi connectivity index (χ2n) is 5.88. The van der Waals surface area contributed by atoms with Crippen LogP contribution >= 0.6 is 22.9 Å². The Balaban J connectivity index is 1.71. The zero-order valence-electron chi connectivity index (χ0n) is 14.8. The van der Waals surface area contributed by atoms with Gasteiger partial charge in [0.2, 0.25) is 11.8 Å². The molecule has 2 heterocycles. The highest BCUT2D eigenvalue weighted by molar-refractivity contribution is 7.13. The minimum Gasteiger partial charge on any atom is -0.496 e. The molecule has 0 saturated carbocycles. The van der Waals surface area contributed by atoms with E-state index in [0.29, 0.717) is 34.7 Å². The van der Waals surface area contributed by atoms with Crippen LogP contribution in [-0.4, -0.2) is 29.9 Å². The fourth-order valence-corrected chi connectivity index (χ4v) is 3.43. The van der Waals surface area contributed by atoms with Crippen LogP contribution < -0.4 is 4.74 Å². The molecule has 0 bridgehead atoms. The van der Waals surface area contributed by atoms with Crippen LogP contribution in [-0.2, 0) is 17.8 Å². The van der Waals surface area contributed by atoms with Crippen LogP contribution in [0.25, 0.3) is 10.8 Å². The number of benzene rings is 1. The molecule has 0 aliphatic heterocycles. The number of hydrogen-bond acceptors (Lipinski definition) is 5. The van der Waals surface area contributed by atoms with E-state index in [1.54, 1.807) is 48.6 Å². The molecular formula is C19H19ClN2O3S. The molecular weight excluding hydrogens is 372 g/mol. The molecule has 0 unspecified atom stereocenters. The van der Waals surface area contributed by atoms with Gasteiger partial charge in [-0.05, 0) is 36.6 Å². The number of oxazole rings is 1. The van der Waals surface area contributed by atoms with Gasteiger partial charge in [0, 0.05) is 24.2 Å². The summed E-state index contributed by atoms with van der Waals surface area (Å²) in [6, 6.07) is 9.25. The topological polar surface area (TPSA) is 55.6 Å². The summed E-state index contributed by atoms with van der Waals surface area (Å²) < 4.78 is 11.0. The van der Waals surface area contributed by atoms with Crippen molar-refractivity contribution >= 4 is 28.8 Å². The van der Waals surface area contributed by atoms with Crippen molar-refractivity contribution in [1.29, 1.82) is 0 Å². The van der Waals surface area contributed by atoms with Gasteiger partial charge in [0.15, 0.2) is 0 Å². The van der Waals surface area contributed by atoms with Crippen molar-refractivity contribution in [3.63, 3.8) is 0 Å². The molecule has 26 heavy (non-hydrogen) atoms. The first-order valence-electron chi connectivity index (χ1n) is 8.04. The minimum atomic E-state index is -0.0545. The Morgan fingerprint density at radius 3 is 2.88 bits per heavy atom. The first kappa shape index (κ1) is 18.5. The van der Waals surface area contributed by atoms with Crippen molar-refractivity contribution < 1.29 is 13.9 Å². The lowest BCUT2D eigenvalue weighted by Gasteiger charge is -2.18. The SMILES string of the molecule is COc1ccc(Cl)cc1CN(C)C(=O)Cc1nc(-c2cccs2)oc1C. The number of halogens is 1. The number of aromatic nitrogens is 1. The highest BCUT2D eigenvalue weighted by Crippen LogP contribution is 2.27. The normalized spacial score (nSPS) is 10.8. The Morgan fingerprint density at radius 2 is 2.19 bits per heavy atom. The Bertz CT molecular complexity index is 906. The maximum absolute atomic E-state index is 12.6. The van der Waals surface area contributed by atoms with E-state index < -0.39 is 0 Å². The molecule has 0 aliphatic carbocycles. The fraction of sp³-hybridized carbons (Fsp3) is 0.263. The molecule has 2 aromatic heterocycles. The van der Waals surface area contributed by atoms with Gasteiger partial charge in [-0.1, -0.05) is 17.7 Å². The van der Waals surface area contributed by atoms with Crippen molar-refractivity contribution in [3.8, 4) is 16.5 Å². The largest absolute Gasteiger partial charge is 0.496 e. The second kappa shape index (κ2) is 7.93. The summed E-state index contributed by atoms with van der Waals surface area (Å²) in [5, 5.41) is 2.57. The molecule has 0 fully saturated rings. The summed E-state index contributed by atoms with van der Waals surface area (Å²) in [5.41, 5.74) is 1.51. The number of carbonyl (C=O) groups excluding carboxylic acids is 1. The number of aryl methyl sites for hydroxylation is 1. The van der Waals surface area contributed by atoms with E-state index in [0.717, 1.165) is 10.4 Å². The summed E-state index contributed by atoms with van der Waals surface area (Å²) in [7, 11) is 3.34. The molecule has 7 heteroatoms. The molecule has 5 nitrogen and oxygen atoms in total. The second-order valence-corrected chi connectivity index (χ2v) is 7.27. The van der Waals surface area contributed by atoms with Crippen molar-refractivity contribution in [2.45, 2.75) is 19.9 Å². The average molecular weight is 391 g/mol. The van der Waals surface area contributed by atoms with Crippen LogP contribution in [0.1, 0.15) is 17.0 Å². The highest BCUT2D eigenvalue weighted by atomic mass is 35.5. The zero-order chi connectivity index (χ0) is 18.7. The molecule has 0 saturated heterocycles. The lowest BCUT2D eigenvalue weighted by Crippen LogP contribution is -2.28. The first-order chi connectivity index (χ1) is 12.5. The Hall–Kier alpha value is -2.31. The lowest BCUT2D eigenvalue weighted by atomic mass is 10.1. The van der Waals surface area contributed by atoms with E-state index in [2.05, 4.69) is 4.98 Å². The molecule has 0 N–H and O–H groups in total. The first-order valence-corrected chi connectivity index (χ1v) is 9.30. The zero-order valence-corrected chi connectivity index (χ0v) is 16.4. The number of likely N-dealkylation sites (N-methyl/N-ethyl adjacent to an activating group) is 1. The van der Waals surface area contributed by atoms with Crippen LogP contribution in [0.2, 0.25) is 5.02 Å². The van der Waals surface area contributed by atoms with Crippen LogP contribution in [0.4, 0.5) is 0 Å². The standard InChI is InChI=1S/C19H19ClN2O3S/c1-12-15(21-19(25-12)17-5-4-8-26-17)10-18(23)22(2)11-13-9-14(20)6-7-16(13)24-3/h4-9H,10-11H2,1-3H3. The van der Waals surface area contributed by atoms with E-state index >= 15 is 0 Å². The summed E-state index contributed by atoms with van der Waals surface area (Å²) in [6.07, 6.45) is 0.181. The number of carbonyl (C=O) groups is 1. The van der Waals surface area contributed by atoms with Crippen LogP contribution in [0.3, 0.4) is 0 Å². The number of rotatable bonds is 6. The predicted molar refractivity (Wildman–Crippen MR) is 103 cm³/mol. The van der Waals surface area contributed by atoms with Gasteiger partial charge >= 0.3 is 0 Å². The number of ether oxygens (including phenoxy) is 1. The van der Waals surface area contributed by atoms with E-state index in [1.807, 2.05) is 24.4 Å². The molecule has 1 aromatic carbocycles. The van der Waals surface area contributed by atoms with Crippen molar-refractivity contribution in [1.82, 2.24) is 9.88 Å². The highest BCUT2D eigenvalue weighted by Gasteiger charge is 2.18. The van der Waals surface area contributed by atoms with E-state index in [4.69, 9.17) is 20.8 Å². The van der Waals surface area contributed by atoms with Gasteiger partial charge < -0.3 is 14.1 Å². The summed E-state index contributed by atoms with van der Waals surface area (Å²) in [5.74, 6) is 1.86. The van der Waals surface area contributed by atoms with Gasteiger partial charge in [0.25, 0.3) is 0 Å². The summed E-state index contributed by atoms with van der Waals surface area (Å²) in [4.78, 5) is 19.7. The van der Waals surface area contributed by atoms with E-state index in [9.17, 15) is 4.79 Å². The van der Waals surface area contributed by atoms with E-state index in [-0.39, 0.29) is 12.3 Å². The number of hydrogen-bond donors (Lipinski definition) is 0. The quantitative estimate of drug-likeness (QED) is 0.618. The van der Waals surface area contributed by atoms with Crippen LogP contribution in [0.5, 0.6) is 5.75 Å². The molecule has 3 aromatic rings. The summed E-state index contributed by atoms with van der Waals surface area (Å²) in [6.45, 7) is 2.23. The maximum atomic E-state index is 12.6. The monoisotopic (exact) mass is 390 g/mol. The average Bonchev–Trinajstić information content (AvgIpc) is 3.25. The number of methoxy groups -OCH3 is 1. The minimum absolute atomic E-state index is 0.0545. The Labute approximate surface area is 161 Å². The molecule has 0 aliphatic rings. The third kappa shape index (κ3) is 4.08. The van der Waals surface area contributed by atoms with Gasteiger partial charge in [-0.2, -0.15) is 0 Å². The van der Waals surface area contributed by atoms with E-state index in [1.165, 1.54) is 0 Å². The molecule has 136 valence electrons. The van der Waals surface area contributed by atoms with Crippen molar-refractivity contribution in [3.05, 3.63) is 57.8 Å². The van der Waals surface area contributed by atoms with Crippen LogP contribution in [0, 0.1) is 6.92 Å². The molecule has 1 amide bonds. The van der Waals surface area contributed by atoms with Gasteiger partial charge in [-0.3, -0.25) is 4.79 Å². The Kier molecular flexibility index (Phi) is 5.64. The van der Waals surface area contributed by atoms with Crippen molar-refractivity contribution in [2.75, 3.05) is 14.2 Å². The maximum Gasteiger partial charge on any atom is 0.236 e. The van der Waals surface area contributed by atoms with Gasteiger partial charge in [0.05, 0.1) is 24.1 Å². The number of nitrogens with zero attached hydrogens (tertiary/aromatic N) is 2. The Morgan fingerprint density at radius 1 is 1.38 bits per heavy atom.